The number of anilines is 1. The van der Waals surface area contributed by atoms with Gasteiger partial charge in [0.1, 0.15) is 0 Å². The zero-order valence-corrected chi connectivity index (χ0v) is 17.1. The van der Waals surface area contributed by atoms with Crippen molar-refractivity contribution in [3.8, 4) is 0 Å². The van der Waals surface area contributed by atoms with Crippen molar-refractivity contribution in [1.29, 1.82) is 0 Å². The SMILES string of the molecule is Cn1cccc1C1CCCCCN1C(=O)c1cccc(N2CCCS2(=O)=O)c1. The van der Waals surface area contributed by atoms with E-state index in [1.807, 2.05) is 24.2 Å². The first-order valence-electron chi connectivity index (χ1n) is 10.00. The van der Waals surface area contributed by atoms with Crippen LogP contribution in [-0.4, -0.2) is 42.6 Å². The molecular weight excluding hydrogens is 374 g/mol. The summed E-state index contributed by atoms with van der Waals surface area (Å²) in [5.74, 6) is 0.152. The van der Waals surface area contributed by atoms with Gasteiger partial charge in [-0.3, -0.25) is 9.10 Å². The average molecular weight is 402 g/mol. The average Bonchev–Trinajstić information content (AvgIpc) is 3.17. The molecule has 0 bridgehead atoms. The molecule has 28 heavy (non-hydrogen) atoms. The van der Waals surface area contributed by atoms with Crippen LogP contribution in [0.15, 0.2) is 42.6 Å². The van der Waals surface area contributed by atoms with Crippen LogP contribution in [0.3, 0.4) is 0 Å². The number of aryl methyl sites for hydroxylation is 1. The zero-order chi connectivity index (χ0) is 19.7. The number of hydrogen-bond acceptors (Lipinski definition) is 3. The van der Waals surface area contributed by atoms with E-state index in [0.717, 1.165) is 37.9 Å². The van der Waals surface area contributed by atoms with E-state index in [-0.39, 0.29) is 17.7 Å². The van der Waals surface area contributed by atoms with Crippen molar-refractivity contribution in [3.63, 3.8) is 0 Å². The molecule has 1 aromatic carbocycles. The minimum absolute atomic E-state index is 0.0217. The van der Waals surface area contributed by atoms with Crippen LogP contribution < -0.4 is 4.31 Å². The summed E-state index contributed by atoms with van der Waals surface area (Å²) in [6, 6.07) is 11.2. The van der Waals surface area contributed by atoms with Gasteiger partial charge in [0.25, 0.3) is 5.91 Å². The predicted octanol–water partition coefficient (Wildman–Crippen LogP) is 3.32. The van der Waals surface area contributed by atoms with Gasteiger partial charge in [0.2, 0.25) is 10.0 Å². The molecule has 0 N–H and O–H groups in total. The highest BCUT2D eigenvalue weighted by Crippen LogP contribution is 2.32. The molecule has 2 fully saturated rings. The fraction of sp³-hybridized carbons (Fsp3) is 0.476. The summed E-state index contributed by atoms with van der Waals surface area (Å²) >= 11 is 0. The molecule has 6 nitrogen and oxygen atoms in total. The van der Waals surface area contributed by atoms with Crippen molar-refractivity contribution < 1.29 is 13.2 Å². The molecule has 0 spiro atoms. The molecule has 0 radical (unpaired) electrons. The van der Waals surface area contributed by atoms with E-state index in [0.29, 0.717) is 24.2 Å². The Morgan fingerprint density at radius 3 is 2.61 bits per heavy atom. The lowest BCUT2D eigenvalue weighted by molar-refractivity contribution is 0.0674. The first-order chi connectivity index (χ1) is 13.5. The van der Waals surface area contributed by atoms with E-state index < -0.39 is 10.0 Å². The molecule has 2 aliphatic rings. The van der Waals surface area contributed by atoms with Crippen molar-refractivity contribution in [3.05, 3.63) is 53.9 Å². The third kappa shape index (κ3) is 3.55. The summed E-state index contributed by atoms with van der Waals surface area (Å²) in [6.45, 7) is 1.20. The molecule has 150 valence electrons. The molecule has 7 heteroatoms. The van der Waals surface area contributed by atoms with Crippen LogP contribution in [0.2, 0.25) is 0 Å². The maximum Gasteiger partial charge on any atom is 0.254 e. The number of carbonyl (C=O) groups excluding carboxylic acids is 1. The third-order valence-corrected chi connectivity index (χ3v) is 7.69. The molecule has 2 aromatic rings. The fourth-order valence-electron chi connectivity index (χ4n) is 4.37. The standard InChI is InChI=1S/C21H27N3O3S/c1-22-12-6-11-19(22)20-10-3-2-4-13-23(20)21(25)17-8-5-9-18(16-17)24-14-7-15-28(24,26)27/h5-6,8-9,11-12,16,20H,2-4,7,10,13-15H2,1H3. The zero-order valence-electron chi connectivity index (χ0n) is 16.3. The summed E-state index contributed by atoms with van der Waals surface area (Å²) in [7, 11) is -1.24. The second kappa shape index (κ2) is 7.62. The minimum Gasteiger partial charge on any atom is -0.353 e. The van der Waals surface area contributed by atoms with Crippen molar-refractivity contribution in [1.82, 2.24) is 9.47 Å². The van der Waals surface area contributed by atoms with Crippen LogP contribution in [0.1, 0.15) is 54.2 Å². The molecule has 3 heterocycles. The topological polar surface area (TPSA) is 62.6 Å². The second-order valence-corrected chi connectivity index (χ2v) is 9.71. The van der Waals surface area contributed by atoms with Gasteiger partial charge in [-0.15, -0.1) is 0 Å². The lowest BCUT2D eigenvalue weighted by atomic mass is 10.0. The monoisotopic (exact) mass is 401 g/mol. The van der Waals surface area contributed by atoms with Crippen molar-refractivity contribution in [2.45, 2.75) is 38.1 Å². The molecule has 2 saturated heterocycles. The maximum absolute atomic E-state index is 13.4. The van der Waals surface area contributed by atoms with Crippen molar-refractivity contribution >= 4 is 21.6 Å². The molecule has 0 aliphatic carbocycles. The molecule has 2 aliphatic heterocycles. The van der Waals surface area contributed by atoms with Crippen molar-refractivity contribution in [2.24, 2.45) is 7.05 Å². The molecule has 1 aromatic heterocycles. The lowest BCUT2D eigenvalue weighted by Gasteiger charge is -2.31. The maximum atomic E-state index is 13.4. The molecule has 0 saturated carbocycles. The van der Waals surface area contributed by atoms with Gasteiger partial charge in [0, 0.05) is 37.6 Å². The van der Waals surface area contributed by atoms with Crippen LogP contribution in [0.25, 0.3) is 0 Å². The quantitative estimate of drug-likeness (QED) is 0.793. The van der Waals surface area contributed by atoms with Gasteiger partial charge in [-0.2, -0.15) is 0 Å². The van der Waals surface area contributed by atoms with Gasteiger partial charge in [-0.1, -0.05) is 18.9 Å². The number of benzene rings is 1. The first-order valence-corrected chi connectivity index (χ1v) is 11.6. The van der Waals surface area contributed by atoms with E-state index >= 15 is 0 Å². The Morgan fingerprint density at radius 2 is 1.89 bits per heavy atom. The Kier molecular flexibility index (Phi) is 5.19. The molecular formula is C21H27N3O3S. The van der Waals surface area contributed by atoms with E-state index in [4.69, 9.17) is 0 Å². The Hall–Kier alpha value is -2.28. The minimum atomic E-state index is -3.26. The number of nitrogens with zero attached hydrogens (tertiary/aromatic N) is 3. The highest BCUT2D eigenvalue weighted by Gasteiger charge is 2.31. The lowest BCUT2D eigenvalue weighted by Crippen LogP contribution is -2.35. The Bertz CT molecular complexity index is 967. The van der Waals surface area contributed by atoms with Crippen LogP contribution in [-0.2, 0) is 17.1 Å². The summed E-state index contributed by atoms with van der Waals surface area (Å²) in [5, 5.41) is 0. The first kappa shape index (κ1) is 19.1. The van der Waals surface area contributed by atoms with Crippen LogP contribution in [0.4, 0.5) is 5.69 Å². The molecule has 1 atom stereocenters. The van der Waals surface area contributed by atoms with Crippen LogP contribution in [0, 0.1) is 0 Å². The molecule has 1 unspecified atom stereocenters. The number of likely N-dealkylation sites (tertiary alicyclic amines) is 1. The largest absolute Gasteiger partial charge is 0.353 e. The number of hydrogen-bond donors (Lipinski definition) is 0. The summed E-state index contributed by atoms with van der Waals surface area (Å²) < 4.78 is 28.0. The van der Waals surface area contributed by atoms with Gasteiger partial charge >= 0.3 is 0 Å². The van der Waals surface area contributed by atoms with Gasteiger partial charge in [0.15, 0.2) is 0 Å². The number of carbonyl (C=O) groups is 1. The smallest absolute Gasteiger partial charge is 0.254 e. The summed E-state index contributed by atoms with van der Waals surface area (Å²) in [6.07, 6.45) is 6.81. The Balaban J connectivity index is 1.65. The van der Waals surface area contributed by atoms with Crippen LogP contribution in [0.5, 0.6) is 0 Å². The van der Waals surface area contributed by atoms with E-state index in [1.54, 1.807) is 24.3 Å². The van der Waals surface area contributed by atoms with Gasteiger partial charge in [0.05, 0.1) is 17.5 Å². The molecule has 4 rings (SSSR count). The highest BCUT2D eigenvalue weighted by atomic mass is 32.2. The normalized spacial score (nSPS) is 22.2. The Labute approximate surface area is 166 Å². The van der Waals surface area contributed by atoms with Crippen LogP contribution >= 0.6 is 0 Å². The number of aromatic nitrogens is 1. The highest BCUT2D eigenvalue weighted by molar-refractivity contribution is 7.93. The Morgan fingerprint density at radius 1 is 1.04 bits per heavy atom. The van der Waals surface area contributed by atoms with Gasteiger partial charge < -0.3 is 9.47 Å². The summed E-state index contributed by atoms with van der Waals surface area (Å²) in [5.41, 5.74) is 2.29. The number of rotatable bonds is 3. The van der Waals surface area contributed by atoms with Gasteiger partial charge in [-0.05, 0) is 49.6 Å². The number of sulfonamides is 1. The van der Waals surface area contributed by atoms with E-state index in [2.05, 4.69) is 10.6 Å². The van der Waals surface area contributed by atoms with E-state index in [9.17, 15) is 13.2 Å². The third-order valence-electron chi connectivity index (χ3n) is 5.82. The fourth-order valence-corrected chi connectivity index (χ4v) is 5.93. The van der Waals surface area contributed by atoms with Gasteiger partial charge in [-0.25, -0.2) is 8.42 Å². The van der Waals surface area contributed by atoms with E-state index in [1.165, 1.54) is 4.31 Å². The molecule has 1 amide bonds. The number of amides is 1. The van der Waals surface area contributed by atoms with Crippen molar-refractivity contribution in [2.75, 3.05) is 23.1 Å². The summed E-state index contributed by atoms with van der Waals surface area (Å²) in [4.78, 5) is 15.4. The second-order valence-electron chi connectivity index (χ2n) is 7.70. The predicted molar refractivity (Wildman–Crippen MR) is 110 cm³/mol.